The molecule has 0 aromatic rings. The van der Waals surface area contributed by atoms with E-state index in [4.69, 9.17) is 4.74 Å². The molecule has 2 aliphatic carbocycles. The van der Waals surface area contributed by atoms with Crippen molar-refractivity contribution in [3.05, 3.63) is 0 Å². The number of methoxy groups -OCH3 is 1. The van der Waals surface area contributed by atoms with Crippen molar-refractivity contribution >= 4 is 28.0 Å². The summed E-state index contributed by atoms with van der Waals surface area (Å²) in [6.45, 7) is 0. The van der Waals surface area contributed by atoms with Gasteiger partial charge in [0.2, 0.25) is 0 Å². The molecule has 24 heavy (non-hydrogen) atoms. The average Bonchev–Trinajstić information content (AvgIpc) is 3.08. The Bertz CT molecular complexity index is 718. The van der Waals surface area contributed by atoms with Crippen LogP contribution in [0.2, 0.25) is 0 Å². The summed E-state index contributed by atoms with van der Waals surface area (Å²) in [5.74, 6) is -7.29. The van der Waals surface area contributed by atoms with Gasteiger partial charge in [-0.05, 0) is 6.42 Å². The number of halogens is 2. The number of carbonyl (C=O) groups excluding carboxylic acids is 3. The Morgan fingerprint density at radius 3 is 2.50 bits per heavy atom. The first-order valence-corrected chi connectivity index (χ1v) is 8.24. The molecule has 0 amide bonds. The lowest BCUT2D eigenvalue weighted by molar-refractivity contribution is -0.179. The molecule has 134 valence electrons. The highest BCUT2D eigenvalue weighted by Gasteiger charge is 2.70. The number of ether oxygens (including phenoxy) is 3. The van der Waals surface area contributed by atoms with Gasteiger partial charge in [-0.3, -0.25) is 9.59 Å². The number of alkyl halides is 2. The molecule has 6 unspecified atom stereocenters. The largest absolute Gasteiger partial charge is 0.743 e. The minimum absolute atomic E-state index is 0.189. The minimum Gasteiger partial charge on any atom is -0.743 e. The Labute approximate surface area is 134 Å². The van der Waals surface area contributed by atoms with E-state index in [1.165, 1.54) is 0 Å². The van der Waals surface area contributed by atoms with Gasteiger partial charge in [0, 0.05) is 11.8 Å². The van der Waals surface area contributed by atoms with Crippen molar-refractivity contribution < 1.29 is 50.3 Å². The fourth-order valence-electron chi connectivity index (χ4n) is 3.90. The van der Waals surface area contributed by atoms with Crippen LogP contribution in [0.4, 0.5) is 8.78 Å². The monoisotopic (exact) mass is 369 g/mol. The summed E-state index contributed by atoms with van der Waals surface area (Å²) in [5.41, 5.74) is 0. The third-order valence-corrected chi connectivity index (χ3v) is 5.61. The molecule has 0 spiro atoms. The van der Waals surface area contributed by atoms with E-state index >= 15 is 0 Å². The fraction of sp³-hybridized carbons (Fsp3) is 0.750. The molecule has 6 atom stereocenters. The highest BCUT2D eigenvalue weighted by atomic mass is 32.2. The van der Waals surface area contributed by atoms with Gasteiger partial charge in [0.25, 0.3) is 0 Å². The quantitative estimate of drug-likeness (QED) is 0.348. The first-order valence-electron chi connectivity index (χ1n) is 6.83. The molecule has 2 bridgehead atoms. The SMILES string of the molecule is COC(=O)C1C2CC3C(OC(=O)C31)C2OC(=O)C(F)(F)S(=O)(=O)[O-]. The highest BCUT2D eigenvalue weighted by Crippen LogP contribution is 2.59. The summed E-state index contributed by atoms with van der Waals surface area (Å²) in [7, 11) is -5.20. The smallest absolute Gasteiger partial charge is 0.428 e. The number of esters is 3. The summed E-state index contributed by atoms with van der Waals surface area (Å²) in [6, 6.07) is 0. The molecular weight excluding hydrogens is 358 g/mol. The Morgan fingerprint density at radius 1 is 1.33 bits per heavy atom. The Balaban J connectivity index is 1.87. The van der Waals surface area contributed by atoms with Crippen molar-refractivity contribution in [3.63, 3.8) is 0 Å². The van der Waals surface area contributed by atoms with Crippen molar-refractivity contribution in [1.29, 1.82) is 0 Å². The summed E-state index contributed by atoms with van der Waals surface area (Å²) >= 11 is 0. The summed E-state index contributed by atoms with van der Waals surface area (Å²) < 4.78 is 72.1. The first kappa shape index (κ1) is 17.0. The molecule has 0 aromatic heterocycles. The number of fused-ring (bicyclic) bond motifs is 1. The van der Waals surface area contributed by atoms with Crippen LogP contribution in [0.5, 0.6) is 0 Å². The average molecular weight is 369 g/mol. The lowest BCUT2D eigenvalue weighted by atomic mass is 9.78. The first-order chi connectivity index (χ1) is 11.0. The molecule has 1 heterocycles. The maximum atomic E-state index is 13.3. The van der Waals surface area contributed by atoms with Gasteiger partial charge in [0.15, 0.2) is 10.1 Å². The molecule has 0 aromatic carbocycles. The number of carbonyl (C=O) groups is 3. The lowest BCUT2D eigenvalue weighted by Crippen LogP contribution is -2.47. The molecular formula is C12H11F2O9S-. The van der Waals surface area contributed by atoms with E-state index < -0.39 is 69.2 Å². The van der Waals surface area contributed by atoms with Crippen LogP contribution in [-0.2, 0) is 38.7 Å². The zero-order chi connectivity index (χ0) is 18.0. The standard InChI is InChI=1S/C12H12F2O9S/c1-21-9(15)5-3-2-4-6(5)10(16)22-7(4)8(3)23-11(17)12(13,14)24(18,19)20/h3-8H,2H2,1H3,(H,18,19,20)/p-1. The van der Waals surface area contributed by atoms with Crippen LogP contribution in [0.1, 0.15) is 6.42 Å². The van der Waals surface area contributed by atoms with Gasteiger partial charge < -0.3 is 18.8 Å². The van der Waals surface area contributed by atoms with E-state index in [-0.39, 0.29) is 6.42 Å². The van der Waals surface area contributed by atoms with E-state index in [1.807, 2.05) is 0 Å². The van der Waals surface area contributed by atoms with Gasteiger partial charge >= 0.3 is 23.2 Å². The summed E-state index contributed by atoms with van der Waals surface area (Å²) in [4.78, 5) is 35.1. The van der Waals surface area contributed by atoms with Gasteiger partial charge in [-0.25, -0.2) is 13.2 Å². The maximum Gasteiger partial charge on any atom is 0.428 e. The van der Waals surface area contributed by atoms with Crippen molar-refractivity contribution in [2.45, 2.75) is 23.9 Å². The Kier molecular flexibility index (Phi) is 3.61. The topological polar surface area (TPSA) is 136 Å². The normalized spacial score (nSPS) is 37.2. The van der Waals surface area contributed by atoms with Crippen molar-refractivity contribution in [3.8, 4) is 0 Å². The fourth-order valence-corrected chi connectivity index (χ4v) is 4.15. The van der Waals surface area contributed by atoms with Crippen LogP contribution in [0.3, 0.4) is 0 Å². The van der Waals surface area contributed by atoms with Crippen LogP contribution < -0.4 is 0 Å². The molecule has 1 aliphatic heterocycles. The molecule has 12 heteroatoms. The van der Waals surface area contributed by atoms with E-state index in [9.17, 15) is 36.1 Å². The molecule has 9 nitrogen and oxygen atoms in total. The van der Waals surface area contributed by atoms with E-state index in [0.717, 1.165) is 7.11 Å². The van der Waals surface area contributed by atoms with Gasteiger partial charge in [0.05, 0.1) is 18.9 Å². The molecule has 1 saturated heterocycles. The predicted molar refractivity (Wildman–Crippen MR) is 65.0 cm³/mol. The minimum atomic E-state index is -6.27. The highest BCUT2D eigenvalue weighted by molar-refractivity contribution is 7.87. The van der Waals surface area contributed by atoms with Crippen LogP contribution in [0, 0.1) is 23.7 Å². The number of hydrogen-bond donors (Lipinski definition) is 0. The van der Waals surface area contributed by atoms with Crippen LogP contribution in [-0.4, -0.2) is 55.5 Å². The zero-order valence-corrected chi connectivity index (χ0v) is 12.8. The second-order valence-corrected chi connectivity index (χ2v) is 7.30. The lowest BCUT2D eigenvalue weighted by Gasteiger charge is -2.31. The molecule has 3 aliphatic rings. The molecule has 3 fully saturated rings. The number of rotatable bonds is 4. The summed E-state index contributed by atoms with van der Waals surface area (Å²) in [5, 5.41) is -5.28. The van der Waals surface area contributed by atoms with Gasteiger partial charge in [-0.1, -0.05) is 0 Å². The van der Waals surface area contributed by atoms with Crippen LogP contribution in [0.15, 0.2) is 0 Å². The third kappa shape index (κ3) is 2.12. The predicted octanol–water partition coefficient (Wildman–Crippen LogP) is -0.983. The molecule has 2 saturated carbocycles. The molecule has 0 N–H and O–H groups in total. The van der Waals surface area contributed by atoms with Crippen molar-refractivity contribution in [2.24, 2.45) is 23.7 Å². The third-order valence-electron chi connectivity index (χ3n) is 4.81. The van der Waals surface area contributed by atoms with E-state index in [2.05, 4.69) is 9.47 Å². The van der Waals surface area contributed by atoms with Gasteiger partial charge in [-0.2, -0.15) is 8.78 Å². The maximum absolute atomic E-state index is 13.3. The second-order valence-electron chi connectivity index (χ2n) is 5.88. The van der Waals surface area contributed by atoms with E-state index in [0.29, 0.717) is 0 Å². The van der Waals surface area contributed by atoms with E-state index in [1.54, 1.807) is 0 Å². The van der Waals surface area contributed by atoms with Gasteiger partial charge in [0.1, 0.15) is 12.2 Å². The van der Waals surface area contributed by atoms with Crippen LogP contribution >= 0.6 is 0 Å². The van der Waals surface area contributed by atoms with Gasteiger partial charge in [-0.15, -0.1) is 0 Å². The van der Waals surface area contributed by atoms with Crippen molar-refractivity contribution in [1.82, 2.24) is 0 Å². The zero-order valence-electron chi connectivity index (χ0n) is 12.0. The summed E-state index contributed by atoms with van der Waals surface area (Å²) in [6.07, 6.45) is -2.31. The van der Waals surface area contributed by atoms with Crippen LogP contribution in [0.25, 0.3) is 0 Å². The molecule has 0 radical (unpaired) electrons. The Morgan fingerprint density at radius 2 is 1.96 bits per heavy atom. The molecule has 3 rings (SSSR count). The Hall–Kier alpha value is -1.82. The second kappa shape index (κ2) is 5.09. The van der Waals surface area contributed by atoms with Crippen molar-refractivity contribution in [2.75, 3.05) is 7.11 Å². The number of hydrogen-bond acceptors (Lipinski definition) is 9.